The Morgan fingerprint density at radius 1 is 0.931 bits per heavy atom. The number of benzene rings is 2. The molecule has 0 aliphatic carbocycles. The van der Waals surface area contributed by atoms with E-state index in [1.54, 1.807) is 30.3 Å². The highest BCUT2D eigenvalue weighted by molar-refractivity contribution is 6.34. The van der Waals surface area contributed by atoms with E-state index in [9.17, 15) is 19.2 Å². The molecular weight excluding hydrogens is 370 g/mol. The Labute approximate surface area is 169 Å². The van der Waals surface area contributed by atoms with Gasteiger partial charge in [-0.25, -0.2) is 4.90 Å². The molecule has 0 atom stereocenters. The van der Waals surface area contributed by atoms with Gasteiger partial charge in [-0.05, 0) is 55.3 Å². The fourth-order valence-electron chi connectivity index (χ4n) is 3.28. The summed E-state index contributed by atoms with van der Waals surface area (Å²) < 4.78 is 0. The highest BCUT2D eigenvalue weighted by Crippen LogP contribution is 2.30. The summed E-state index contributed by atoms with van der Waals surface area (Å²) in [4.78, 5) is 50.3. The Morgan fingerprint density at radius 3 is 2.14 bits per heavy atom. The number of amides is 4. The van der Waals surface area contributed by atoms with Crippen molar-refractivity contribution in [1.82, 2.24) is 5.32 Å². The van der Waals surface area contributed by atoms with Gasteiger partial charge in [0.05, 0.1) is 16.8 Å². The van der Waals surface area contributed by atoms with Gasteiger partial charge in [-0.15, -0.1) is 0 Å². The molecule has 3 rings (SSSR count). The number of nitrogens with one attached hydrogen (secondary N) is 2. The van der Waals surface area contributed by atoms with Gasteiger partial charge in [0.25, 0.3) is 17.7 Å². The first-order valence-electron chi connectivity index (χ1n) is 9.57. The SMILES string of the molecule is CCC(CC)NC(=O)c1ccc2c(c1)C(=O)N(c1ccc(NC(C)=O)cc1)C2=O. The lowest BCUT2D eigenvalue weighted by atomic mass is 10.0. The zero-order valence-corrected chi connectivity index (χ0v) is 16.6. The summed E-state index contributed by atoms with van der Waals surface area (Å²) >= 11 is 0. The molecule has 0 aromatic heterocycles. The number of imide groups is 1. The second-order valence-electron chi connectivity index (χ2n) is 6.92. The van der Waals surface area contributed by atoms with Crippen LogP contribution in [0.25, 0.3) is 0 Å². The maximum Gasteiger partial charge on any atom is 0.266 e. The van der Waals surface area contributed by atoms with Gasteiger partial charge in [-0.1, -0.05) is 13.8 Å². The molecule has 7 nitrogen and oxygen atoms in total. The molecular formula is C22H23N3O4. The van der Waals surface area contributed by atoms with Crippen molar-refractivity contribution in [2.45, 2.75) is 39.7 Å². The quantitative estimate of drug-likeness (QED) is 0.736. The second kappa shape index (κ2) is 8.26. The predicted octanol–water partition coefficient (Wildman–Crippen LogP) is 3.36. The summed E-state index contributed by atoms with van der Waals surface area (Å²) in [5.74, 6) is -1.39. The van der Waals surface area contributed by atoms with Gasteiger partial charge < -0.3 is 10.6 Å². The van der Waals surface area contributed by atoms with Crippen molar-refractivity contribution >= 4 is 35.0 Å². The number of anilines is 2. The van der Waals surface area contributed by atoms with E-state index >= 15 is 0 Å². The number of hydrogen-bond donors (Lipinski definition) is 2. The number of fused-ring (bicyclic) bond motifs is 1. The van der Waals surface area contributed by atoms with E-state index in [1.165, 1.54) is 19.1 Å². The normalized spacial score (nSPS) is 12.9. The third-order valence-electron chi connectivity index (χ3n) is 4.92. The highest BCUT2D eigenvalue weighted by atomic mass is 16.2. The van der Waals surface area contributed by atoms with Crippen LogP contribution in [0.2, 0.25) is 0 Å². The van der Waals surface area contributed by atoms with Crippen molar-refractivity contribution in [1.29, 1.82) is 0 Å². The summed E-state index contributed by atoms with van der Waals surface area (Å²) in [6.07, 6.45) is 1.62. The number of nitrogens with zero attached hydrogens (tertiary/aromatic N) is 1. The predicted molar refractivity (Wildman–Crippen MR) is 110 cm³/mol. The highest BCUT2D eigenvalue weighted by Gasteiger charge is 2.37. The largest absolute Gasteiger partial charge is 0.349 e. The first-order valence-corrected chi connectivity index (χ1v) is 9.57. The average Bonchev–Trinajstić information content (AvgIpc) is 2.96. The molecule has 29 heavy (non-hydrogen) atoms. The van der Waals surface area contributed by atoms with Crippen molar-refractivity contribution in [3.63, 3.8) is 0 Å². The number of hydrogen-bond acceptors (Lipinski definition) is 4. The van der Waals surface area contributed by atoms with Gasteiger partial charge in [0.15, 0.2) is 0 Å². The fraction of sp³-hybridized carbons (Fsp3) is 0.273. The lowest BCUT2D eigenvalue weighted by Crippen LogP contribution is -2.33. The molecule has 2 aromatic rings. The maximum atomic E-state index is 12.9. The molecule has 0 saturated carbocycles. The third-order valence-corrected chi connectivity index (χ3v) is 4.92. The van der Waals surface area contributed by atoms with E-state index in [2.05, 4.69) is 10.6 Å². The molecule has 0 bridgehead atoms. The van der Waals surface area contributed by atoms with Crippen LogP contribution in [0.3, 0.4) is 0 Å². The van der Waals surface area contributed by atoms with Gasteiger partial charge in [-0.2, -0.15) is 0 Å². The fourth-order valence-corrected chi connectivity index (χ4v) is 3.28. The van der Waals surface area contributed by atoms with Crippen LogP contribution < -0.4 is 15.5 Å². The van der Waals surface area contributed by atoms with Gasteiger partial charge >= 0.3 is 0 Å². The summed E-state index contributed by atoms with van der Waals surface area (Å²) in [6, 6.07) is 11.0. The monoisotopic (exact) mass is 393 g/mol. The molecule has 4 amide bonds. The third kappa shape index (κ3) is 4.03. The smallest absolute Gasteiger partial charge is 0.266 e. The molecule has 0 radical (unpaired) electrons. The molecule has 2 N–H and O–H groups in total. The van der Waals surface area contributed by atoms with E-state index in [0.717, 1.165) is 17.7 Å². The summed E-state index contributed by atoms with van der Waals surface area (Å²) in [6.45, 7) is 5.39. The standard InChI is InChI=1S/C22H23N3O4/c1-4-15(5-2)24-20(27)14-6-11-18-19(12-14)22(29)25(21(18)28)17-9-7-16(8-10-17)23-13(3)26/h6-12,15H,4-5H2,1-3H3,(H,23,26)(H,24,27). The van der Waals surface area contributed by atoms with Crippen LogP contribution in [0, 0.1) is 0 Å². The second-order valence-corrected chi connectivity index (χ2v) is 6.92. The van der Waals surface area contributed by atoms with Gasteiger partial charge in [0.2, 0.25) is 5.91 Å². The van der Waals surface area contributed by atoms with Gasteiger partial charge in [0.1, 0.15) is 0 Å². The first kappa shape index (κ1) is 20.3. The van der Waals surface area contributed by atoms with Crippen LogP contribution in [0.4, 0.5) is 11.4 Å². The van der Waals surface area contributed by atoms with Crippen LogP contribution in [0.1, 0.15) is 64.7 Å². The molecule has 1 aliphatic heterocycles. The minimum atomic E-state index is -0.477. The topological polar surface area (TPSA) is 95.6 Å². The molecule has 150 valence electrons. The molecule has 1 heterocycles. The van der Waals surface area contributed by atoms with Crippen molar-refractivity contribution in [2.75, 3.05) is 10.2 Å². The number of rotatable bonds is 6. The Morgan fingerprint density at radius 2 is 1.55 bits per heavy atom. The molecule has 0 saturated heterocycles. The van der Waals surface area contributed by atoms with Crippen LogP contribution >= 0.6 is 0 Å². The van der Waals surface area contributed by atoms with Crippen LogP contribution in [0.15, 0.2) is 42.5 Å². The van der Waals surface area contributed by atoms with Crippen molar-refractivity contribution in [3.05, 3.63) is 59.2 Å². The van der Waals surface area contributed by atoms with Crippen molar-refractivity contribution in [2.24, 2.45) is 0 Å². The van der Waals surface area contributed by atoms with Crippen molar-refractivity contribution < 1.29 is 19.2 Å². The summed E-state index contributed by atoms with van der Waals surface area (Å²) in [5, 5.41) is 5.57. The Bertz CT molecular complexity index is 978. The van der Waals surface area contributed by atoms with E-state index < -0.39 is 11.8 Å². The Kier molecular flexibility index (Phi) is 5.77. The molecule has 1 aliphatic rings. The first-order chi connectivity index (χ1) is 13.8. The van der Waals surface area contributed by atoms with Crippen LogP contribution in [-0.4, -0.2) is 29.7 Å². The minimum Gasteiger partial charge on any atom is -0.349 e. The number of carbonyl (C=O) groups excluding carboxylic acids is 4. The van der Waals surface area contributed by atoms with E-state index in [4.69, 9.17) is 0 Å². The van der Waals surface area contributed by atoms with E-state index in [1.807, 2.05) is 13.8 Å². The van der Waals surface area contributed by atoms with Crippen LogP contribution in [-0.2, 0) is 4.79 Å². The lowest BCUT2D eigenvalue weighted by molar-refractivity contribution is -0.114. The Balaban J connectivity index is 1.85. The van der Waals surface area contributed by atoms with Gasteiger partial charge in [-0.3, -0.25) is 19.2 Å². The van der Waals surface area contributed by atoms with Crippen molar-refractivity contribution in [3.8, 4) is 0 Å². The minimum absolute atomic E-state index is 0.0618. The van der Waals surface area contributed by atoms with Crippen LogP contribution in [0.5, 0.6) is 0 Å². The zero-order valence-electron chi connectivity index (χ0n) is 16.6. The molecule has 2 aromatic carbocycles. The lowest BCUT2D eigenvalue weighted by Gasteiger charge is -2.15. The molecule has 0 fully saturated rings. The van der Waals surface area contributed by atoms with Gasteiger partial charge in [0, 0.05) is 24.2 Å². The Hall–Kier alpha value is -3.48. The average molecular weight is 393 g/mol. The maximum absolute atomic E-state index is 12.9. The number of carbonyl (C=O) groups is 4. The molecule has 7 heteroatoms. The summed E-state index contributed by atoms with van der Waals surface area (Å²) in [5.41, 5.74) is 1.78. The van der Waals surface area contributed by atoms with E-state index in [0.29, 0.717) is 16.9 Å². The zero-order chi connectivity index (χ0) is 21.1. The summed E-state index contributed by atoms with van der Waals surface area (Å²) in [7, 11) is 0. The molecule has 0 unspecified atom stereocenters. The molecule has 0 spiro atoms. The van der Waals surface area contributed by atoms with E-state index in [-0.39, 0.29) is 29.0 Å².